The van der Waals surface area contributed by atoms with Crippen molar-refractivity contribution in [2.75, 3.05) is 44.6 Å². The molecule has 2 N–H and O–H groups in total. The molecule has 0 unspecified atom stereocenters. The van der Waals surface area contributed by atoms with Gasteiger partial charge in [0.15, 0.2) is 0 Å². The van der Waals surface area contributed by atoms with Gasteiger partial charge in [0.05, 0.1) is 5.52 Å². The minimum atomic E-state index is 0. The molecule has 0 atom stereocenters. The van der Waals surface area contributed by atoms with Crippen molar-refractivity contribution >= 4 is 53.0 Å². The van der Waals surface area contributed by atoms with Crippen LogP contribution in [0.4, 0.5) is 5.69 Å². The number of halogens is 3. The summed E-state index contributed by atoms with van der Waals surface area (Å²) in [5.74, 6) is 0. The van der Waals surface area contributed by atoms with E-state index in [0.717, 1.165) is 66.4 Å². The summed E-state index contributed by atoms with van der Waals surface area (Å²) < 4.78 is 0. The molecule has 3 rings (SSSR count). The second-order valence-corrected chi connectivity index (χ2v) is 5.93. The lowest BCUT2D eigenvalue weighted by atomic mass is 10.1. The van der Waals surface area contributed by atoms with Gasteiger partial charge in [-0.25, -0.2) is 0 Å². The molecule has 4 nitrogen and oxygen atoms in total. The minimum absolute atomic E-state index is 0. The summed E-state index contributed by atoms with van der Waals surface area (Å²) in [6, 6.07) is 5.97. The highest BCUT2D eigenvalue weighted by Crippen LogP contribution is 2.27. The Morgan fingerprint density at radius 3 is 2.74 bits per heavy atom. The van der Waals surface area contributed by atoms with Crippen molar-refractivity contribution in [2.24, 2.45) is 0 Å². The van der Waals surface area contributed by atoms with Crippen molar-refractivity contribution in [1.29, 1.82) is 0 Å². The highest BCUT2D eigenvalue weighted by atomic mass is 35.5. The van der Waals surface area contributed by atoms with Gasteiger partial charge in [0.25, 0.3) is 0 Å². The fraction of sp³-hybridized carbons (Fsp3) is 0.438. The first kappa shape index (κ1) is 20.3. The molecular formula is C16H23Cl3N4. The first-order chi connectivity index (χ1) is 10.2. The lowest BCUT2D eigenvalue weighted by molar-refractivity contribution is 0.249. The van der Waals surface area contributed by atoms with Gasteiger partial charge >= 0.3 is 0 Å². The Morgan fingerprint density at radius 1 is 1.26 bits per heavy atom. The minimum Gasteiger partial charge on any atom is -0.383 e. The number of hydrogen-bond donors (Lipinski definition) is 2. The summed E-state index contributed by atoms with van der Waals surface area (Å²) in [5, 5.41) is 8.77. The van der Waals surface area contributed by atoms with Gasteiger partial charge in [0.1, 0.15) is 0 Å². The molecule has 1 fully saturated rings. The Hall–Kier alpha value is -0.780. The average Bonchev–Trinajstić information content (AvgIpc) is 2.49. The number of pyridine rings is 1. The quantitative estimate of drug-likeness (QED) is 0.857. The van der Waals surface area contributed by atoms with Crippen LogP contribution in [-0.4, -0.2) is 49.2 Å². The summed E-state index contributed by atoms with van der Waals surface area (Å²) in [4.78, 5) is 6.94. The van der Waals surface area contributed by atoms with Crippen molar-refractivity contribution in [2.45, 2.75) is 6.92 Å². The van der Waals surface area contributed by atoms with E-state index in [9.17, 15) is 0 Å². The molecule has 23 heavy (non-hydrogen) atoms. The Bertz CT molecular complexity index is 630. The molecule has 1 aliphatic rings. The maximum Gasteiger partial charge on any atom is 0.0752 e. The lowest BCUT2D eigenvalue weighted by Crippen LogP contribution is -2.45. The summed E-state index contributed by atoms with van der Waals surface area (Å²) in [5.41, 5.74) is 3.25. The molecule has 128 valence electrons. The highest BCUT2D eigenvalue weighted by molar-refractivity contribution is 6.31. The number of anilines is 1. The third kappa shape index (κ3) is 5.10. The maximum atomic E-state index is 6.18. The van der Waals surface area contributed by atoms with Gasteiger partial charge in [-0.1, -0.05) is 11.6 Å². The normalized spacial score (nSPS) is 14.9. The van der Waals surface area contributed by atoms with Crippen molar-refractivity contribution < 1.29 is 0 Å². The van der Waals surface area contributed by atoms with Crippen LogP contribution < -0.4 is 10.6 Å². The van der Waals surface area contributed by atoms with E-state index in [-0.39, 0.29) is 24.8 Å². The van der Waals surface area contributed by atoms with Gasteiger partial charge < -0.3 is 10.6 Å². The maximum absolute atomic E-state index is 6.18. The van der Waals surface area contributed by atoms with Gasteiger partial charge in [0.2, 0.25) is 0 Å². The summed E-state index contributed by atoms with van der Waals surface area (Å²) in [7, 11) is 0. The number of hydrogen-bond acceptors (Lipinski definition) is 4. The Morgan fingerprint density at radius 2 is 2.00 bits per heavy atom. The number of benzene rings is 1. The largest absolute Gasteiger partial charge is 0.383 e. The summed E-state index contributed by atoms with van der Waals surface area (Å²) >= 11 is 6.18. The van der Waals surface area contributed by atoms with E-state index in [1.54, 1.807) is 0 Å². The molecule has 2 aromatic rings. The summed E-state index contributed by atoms with van der Waals surface area (Å²) in [6.45, 7) is 8.48. The zero-order valence-corrected chi connectivity index (χ0v) is 15.5. The van der Waals surface area contributed by atoms with Crippen LogP contribution in [0.5, 0.6) is 0 Å². The Labute approximate surface area is 154 Å². The molecule has 7 heteroatoms. The molecule has 1 aromatic heterocycles. The molecule has 0 spiro atoms. The third-order valence-electron chi connectivity index (χ3n) is 3.95. The van der Waals surface area contributed by atoms with Crippen LogP contribution in [0.15, 0.2) is 24.4 Å². The van der Waals surface area contributed by atoms with Gasteiger partial charge in [0, 0.05) is 61.6 Å². The Balaban J connectivity index is 0.00000132. The predicted molar refractivity (Wildman–Crippen MR) is 104 cm³/mol. The Kier molecular flexibility index (Phi) is 8.37. The van der Waals surface area contributed by atoms with Crippen molar-refractivity contribution in [3.63, 3.8) is 0 Å². The number of nitrogens with zero attached hydrogens (tertiary/aromatic N) is 2. The van der Waals surface area contributed by atoms with E-state index >= 15 is 0 Å². The van der Waals surface area contributed by atoms with Crippen LogP contribution in [0, 0.1) is 6.92 Å². The molecule has 2 heterocycles. The van der Waals surface area contributed by atoms with E-state index in [2.05, 4.69) is 20.5 Å². The average molecular weight is 378 g/mol. The van der Waals surface area contributed by atoms with Gasteiger partial charge in [-0.05, 0) is 30.7 Å². The fourth-order valence-electron chi connectivity index (χ4n) is 2.83. The highest BCUT2D eigenvalue weighted by Gasteiger charge is 2.09. The van der Waals surface area contributed by atoms with Crippen LogP contribution in [0.25, 0.3) is 10.9 Å². The molecule has 0 aliphatic carbocycles. The van der Waals surface area contributed by atoms with Crippen LogP contribution in [0.3, 0.4) is 0 Å². The van der Waals surface area contributed by atoms with Crippen LogP contribution >= 0.6 is 36.4 Å². The van der Waals surface area contributed by atoms with E-state index in [4.69, 9.17) is 11.6 Å². The smallest absolute Gasteiger partial charge is 0.0752 e. The number of aryl methyl sites for hydroxylation is 1. The molecule has 1 aromatic carbocycles. The van der Waals surface area contributed by atoms with Gasteiger partial charge in [-0.15, -0.1) is 24.8 Å². The molecule has 1 saturated heterocycles. The number of piperazine rings is 1. The molecule has 0 bridgehead atoms. The molecular weight excluding hydrogens is 355 g/mol. The molecule has 1 aliphatic heterocycles. The second kappa shape index (κ2) is 9.50. The number of aromatic nitrogens is 1. The van der Waals surface area contributed by atoms with Crippen LogP contribution in [0.1, 0.15) is 5.56 Å². The van der Waals surface area contributed by atoms with Gasteiger partial charge in [-0.2, -0.15) is 0 Å². The van der Waals surface area contributed by atoms with Crippen molar-refractivity contribution in [1.82, 2.24) is 15.2 Å². The second-order valence-electron chi connectivity index (χ2n) is 5.50. The van der Waals surface area contributed by atoms with E-state index in [1.807, 2.05) is 31.3 Å². The predicted octanol–water partition coefficient (Wildman–Crippen LogP) is 3.36. The lowest BCUT2D eigenvalue weighted by Gasteiger charge is -2.27. The number of fused-ring (bicyclic) bond motifs is 1. The van der Waals surface area contributed by atoms with Crippen molar-refractivity contribution in [3.05, 3.63) is 35.0 Å². The van der Waals surface area contributed by atoms with Crippen LogP contribution in [-0.2, 0) is 0 Å². The standard InChI is InChI=1S/C16H21ClN4.2ClH/c1-12-10-13(17)11-14-15(2-3-20-16(12)14)19-6-9-21-7-4-18-5-8-21;;/h2-3,10-11,18H,4-9H2,1H3,(H,19,20);2*1H. The fourth-order valence-corrected chi connectivity index (χ4v) is 3.10. The van der Waals surface area contributed by atoms with Gasteiger partial charge in [-0.3, -0.25) is 9.88 Å². The van der Waals surface area contributed by atoms with Crippen LogP contribution in [0.2, 0.25) is 5.02 Å². The first-order valence-corrected chi connectivity index (χ1v) is 7.83. The van der Waals surface area contributed by atoms with E-state index in [1.165, 1.54) is 0 Å². The topological polar surface area (TPSA) is 40.2 Å². The monoisotopic (exact) mass is 376 g/mol. The zero-order chi connectivity index (χ0) is 14.7. The third-order valence-corrected chi connectivity index (χ3v) is 4.17. The number of rotatable bonds is 4. The summed E-state index contributed by atoms with van der Waals surface area (Å²) in [6.07, 6.45) is 1.86. The molecule has 0 saturated carbocycles. The number of nitrogens with one attached hydrogen (secondary N) is 2. The first-order valence-electron chi connectivity index (χ1n) is 7.46. The zero-order valence-electron chi connectivity index (χ0n) is 13.1. The SMILES string of the molecule is Cc1cc(Cl)cc2c(NCCN3CCNCC3)ccnc12.Cl.Cl. The molecule has 0 radical (unpaired) electrons. The van der Waals surface area contributed by atoms with Crippen molar-refractivity contribution in [3.8, 4) is 0 Å². The van der Waals surface area contributed by atoms with E-state index in [0.29, 0.717) is 0 Å². The molecule has 0 amide bonds. The van der Waals surface area contributed by atoms with E-state index < -0.39 is 0 Å².